The summed E-state index contributed by atoms with van der Waals surface area (Å²) in [5.74, 6) is 0. The van der Waals surface area contributed by atoms with Gasteiger partial charge in [0.05, 0.1) is 23.1 Å². The van der Waals surface area contributed by atoms with E-state index < -0.39 is 14.4 Å². The van der Waals surface area contributed by atoms with Crippen LogP contribution in [0.25, 0.3) is 5.69 Å². The Kier molecular flexibility index (Phi) is 5.02. The number of rotatable bonds is 4. The number of hydrogen-bond donors (Lipinski definition) is 0. The van der Waals surface area contributed by atoms with Gasteiger partial charge in [-0.3, -0.25) is 0 Å². The summed E-state index contributed by atoms with van der Waals surface area (Å²) in [6, 6.07) is 12.5. The van der Waals surface area contributed by atoms with Gasteiger partial charge in [0.1, 0.15) is 0 Å². The lowest BCUT2D eigenvalue weighted by Crippen LogP contribution is -2.28. The predicted molar refractivity (Wildman–Crippen MR) is 99.8 cm³/mol. The Morgan fingerprint density at radius 2 is 1.75 bits per heavy atom. The predicted octanol–water partition coefficient (Wildman–Crippen LogP) is 4.89. The van der Waals surface area contributed by atoms with E-state index in [1.165, 1.54) is 5.56 Å². The molecule has 1 unspecified atom stereocenters. The molecule has 0 aliphatic rings. The van der Waals surface area contributed by atoms with Crippen molar-refractivity contribution in [1.29, 1.82) is 5.26 Å². The monoisotopic (exact) mass is 341 g/mol. The molecule has 1 aromatic heterocycles. The summed E-state index contributed by atoms with van der Waals surface area (Å²) in [7, 11) is -1.86. The van der Waals surface area contributed by atoms with Crippen molar-refractivity contribution < 1.29 is 4.43 Å². The summed E-state index contributed by atoms with van der Waals surface area (Å²) >= 11 is 0. The van der Waals surface area contributed by atoms with Gasteiger partial charge in [0.25, 0.3) is 0 Å². The first kappa shape index (κ1) is 18.4. The molecule has 0 bridgehead atoms. The average molecular weight is 342 g/mol. The first-order valence-electron chi connectivity index (χ1n) is 8.26. The fourth-order valence-electron chi connectivity index (χ4n) is 2.35. The summed E-state index contributed by atoms with van der Waals surface area (Å²) in [6.07, 6.45) is -0.610. The van der Waals surface area contributed by atoms with Crippen LogP contribution in [0.3, 0.4) is 0 Å². The first-order chi connectivity index (χ1) is 11.0. The van der Waals surface area contributed by atoms with E-state index in [1.807, 2.05) is 22.9 Å². The molecule has 2 rings (SSSR count). The van der Waals surface area contributed by atoms with Gasteiger partial charge >= 0.3 is 0 Å². The summed E-state index contributed by atoms with van der Waals surface area (Å²) in [5, 5.41) is 14.5. The van der Waals surface area contributed by atoms with E-state index in [0.717, 1.165) is 17.1 Å². The topological polar surface area (TPSA) is 50.8 Å². The third-order valence-electron chi connectivity index (χ3n) is 3.64. The Morgan fingerprint density at radius 3 is 2.21 bits per heavy atom. The summed E-state index contributed by atoms with van der Waals surface area (Å²) in [5.41, 5.74) is 3.81. The SMILES string of the molecule is Cc1ccc(-n2nc(C(C)(C)C)cc2C(C#N)O[Si](C)(C)C)cc1. The molecule has 0 fully saturated rings. The summed E-state index contributed by atoms with van der Waals surface area (Å²) < 4.78 is 7.96. The minimum atomic E-state index is -1.86. The molecule has 0 aliphatic heterocycles. The van der Waals surface area contributed by atoms with Gasteiger partial charge in [-0.05, 0) is 44.8 Å². The lowest BCUT2D eigenvalue weighted by molar-refractivity contribution is 0.246. The van der Waals surface area contributed by atoms with Crippen molar-refractivity contribution >= 4 is 8.32 Å². The van der Waals surface area contributed by atoms with Crippen LogP contribution in [0.5, 0.6) is 0 Å². The highest BCUT2D eigenvalue weighted by Crippen LogP contribution is 2.29. The van der Waals surface area contributed by atoms with E-state index >= 15 is 0 Å². The molecule has 0 amide bonds. The molecule has 5 heteroatoms. The largest absolute Gasteiger partial charge is 0.398 e. The zero-order valence-corrected chi connectivity index (χ0v) is 16.7. The fourth-order valence-corrected chi connectivity index (χ4v) is 3.23. The van der Waals surface area contributed by atoms with Gasteiger partial charge in [-0.1, -0.05) is 38.5 Å². The molecule has 0 radical (unpaired) electrons. The van der Waals surface area contributed by atoms with E-state index in [2.05, 4.69) is 65.5 Å². The van der Waals surface area contributed by atoms with Gasteiger partial charge in [-0.2, -0.15) is 10.4 Å². The number of hydrogen-bond acceptors (Lipinski definition) is 3. The van der Waals surface area contributed by atoms with Crippen molar-refractivity contribution in [2.24, 2.45) is 0 Å². The first-order valence-corrected chi connectivity index (χ1v) is 11.7. The van der Waals surface area contributed by atoms with E-state index in [9.17, 15) is 5.26 Å². The quantitative estimate of drug-likeness (QED) is 0.744. The van der Waals surface area contributed by atoms with Gasteiger partial charge in [0.15, 0.2) is 14.4 Å². The Balaban J connectivity index is 2.58. The van der Waals surface area contributed by atoms with Crippen LogP contribution >= 0.6 is 0 Å². The zero-order chi connectivity index (χ0) is 18.1. The third-order valence-corrected chi connectivity index (χ3v) is 4.58. The molecule has 128 valence electrons. The second kappa shape index (κ2) is 6.54. The van der Waals surface area contributed by atoms with Crippen LogP contribution in [0.4, 0.5) is 0 Å². The molecule has 2 aromatic rings. The Labute approximate surface area is 146 Å². The highest BCUT2D eigenvalue weighted by molar-refractivity contribution is 6.69. The van der Waals surface area contributed by atoms with E-state index in [-0.39, 0.29) is 5.41 Å². The summed E-state index contributed by atoms with van der Waals surface area (Å²) in [6.45, 7) is 14.7. The number of nitriles is 1. The van der Waals surface area contributed by atoms with Crippen molar-refractivity contribution in [3.8, 4) is 11.8 Å². The van der Waals surface area contributed by atoms with Crippen LogP contribution in [-0.4, -0.2) is 18.1 Å². The van der Waals surface area contributed by atoms with Crippen molar-refractivity contribution in [2.45, 2.75) is 58.9 Å². The Bertz CT molecular complexity index is 743. The van der Waals surface area contributed by atoms with E-state index in [4.69, 9.17) is 9.52 Å². The van der Waals surface area contributed by atoms with Crippen LogP contribution in [0, 0.1) is 18.3 Å². The molecule has 0 spiro atoms. The standard InChI is InChI=1S/C19H27N3OSi/c1-14-8-10-15(11-9-14)22-16(12-18(21-22)19(2,3)4)17(13-20)23-24(5,6)7/h8-12,17H,1-7H3. The van der Waals surface area contributed by atoms with E-state index in [0.29, 0.717) is 0 Å². The minimum Gasteiger partial charge on any atom is -0.398 e. The maximum absolute atomic E-state index is 9.68. The average Bonchev–Trinajstić information content (AvgIpc) is 2.89. The lowest BCUT2D eigenvalue weighted by atomic mass is 9.92. The van der Waals surface area contributed by atoms with Gasteiger partial charge in [-0.15, -0.1) is 0 Å². The highest BCUT2D eigenvalue weighted by Gasteiger charge is 2.28. The molecule has 24 heavy (non-hydrogen) atoms. The second-order valence-corrected chi connectivity index (χ2v) is 12.7. The molecule has 1 atom stereocenters. The Hall–Kier alpha value is -1.90. The van der Waals surface area contributed by atoms with Gasteiger partial charge < -0.3 is 4.43 Å². The lowest BCUT2D eigenvalue weighted by Gasteiger charge is -2.22. The molecule has 1 aromatic carbocycles. The normalized spacial score (nSPS) is 13.6. The van der Waals surface area contributed by atoms with Crippen LogP contribution in [-0.2, 0) is 9.84 Å². The molecule has 0 aliphatic carbocycles. The molecule has 1 heterocycles. The molecular formula is C19H27N3OSi. The number of aromatic nitrogens is 2. The third kappa shape index (κ3) is 4.34. The van der Waals surface area contributed by atoms with Crippen molar-refractivity contribution in [3.05, 3.63) is 47.3 Å². The van der Waals surface area contributed by atoms with Gasteiger partial charge in [0.2, 0.25) is 0 Å². The van der Waals surface area contributed by atoms with Gasteiger partial charge in [0, 0.05) is 5.41 Å². The van der Waals surface area contributed by atoms with Crippen LogP contribution in [0.2, 0.25) is 19.6 Å². The van der Waals surface area contributed by atoms with E-state index in [1.54, 1.807) is 0 Å². The number of nitrogens with zero attached hydrogens (tertiary/aromatic N) is 3. The summed E-state index contributed by atoms with van der Waals surface area (Å²) in [4.78, 5) is 0. The van der Waals surface area contributed by atoms with Crippen molar-refractivity contribution in [2.75, 3.05) is 0 Å². The zero-order valence-electron chi connectivity index (χ0n) is 15.7. The maximum atomic E-state index is 9.68. The van der Waals surface area contributed by atoms with Crippen LogP contribution < -0.4 is 0 Å². The van der Waals surface area contributed by atoms with Crippen LogP contribution in [0.1, 0.15) is 43.8 Å². The Morgan fingerprint density at radius 1 is 1.17 bits per heavy atom. The molecular weight excluding hydrogens is 314 g/mol. The number of aryl methyl sites for hydroxylation is 1. The van der Waals surface area contributed by atoms with Crippen LogP contribution in [0.15, 0.2) is 30.3 Å². The van der Waals surface area contributed by atoms with Gasteiger partial charge in [-0.25, -0.2) is 4.68 Å². The minimum absolute atomic E-state index is 0.0934. The smallest absolute Gasteiger partial charge is 0.186 e. The molecule has 0 saturated heterocycles. The van der Waals surface area contributed by atoms with Crippen molar-refractivity contribution in [1.82, 2.24) is 9.78 Å². The maximum Gasteiger partial charge on any atom is 0.186 e. The second-order valence-electron chi connectivity index (χ2n) is 8.19. The molecule has 4 nitrogen and oxygen atoms in total. The van der Waals surface area contributed by atoms with Crippen molar-refractivity contribution in [3.63, 3.8) is 0 Å². The number of benzene rings is 1. The highest BCUT2D eigenvalue weighted by atomic mass is 28.4. The molecule has 0 N–H and O–H groups in total. The fraction of sp³-hybridized carbons (Fsp3) is 0.474. The molecule has 0 saturated carbocycles.